The lowest BCUT2D eigenvalue weighted by Crippen LogP contribution is -2.05. The van der Waals surface area contributed by atoms with Crippen LogP contribution in [0.15, 0.2) is 66.0 Å². The summed E-state index contributed by atoms with van der Waals surface area (Å²) in [5.41, 5.74) is 2.39. The molecule has 0 radical (unpaired) electrons. The van der Waals surface area contributed by atoms with E-state index in [-0.39, 0.29) is 12.6 Å². The fourth-order valence-electron chi connectivity index (χ4n) is 1.88. The van der Waals surface area contributed by atoms with Gasteiger partial charge >= 0.3 is 5.97 Å². The minimum Gasteiger partial charge on any atom is -0.456 e. The second kappa shape index (κ2) is 6.33. The number of rotatable bonds is 4. The Morgan fingerprint density at radius 2 is 1.67 bits per heavy atom. The molecule has 3 rings (SSSR count). The molecule has 0 aliphatic heterocycles. The maximum atomic E-state index is 11.8. The summed E-state index contributed by atoms with van der Waals surface area (Å²) >= 11 is 1.55. The summed E-state index contributed by atoms with van der Waals surface area (Å²) in [5, 5.41) is 2.85. The first-order valence-electron chi connectivity index (χ1n) is 6.55. The predicted octanol–water partition coefficient (Wildman–Crippen LogP) is 4.17. The molecule has 2 aromatic carbocycles. The zero-order valence-corrected chi connectivity index (χ0v) is 12.0. The van der Waals surface area contributed by atoms with E-state index in [4.69, 9.17) is 4.74 Å². The molecular weight excluding hydrogens is 282 g/mol. The molecule has 0 saturated heterocycles. The summed E-state index contributed by atoms with van der Waals surface area (Å²) in [4.78, 5) is 16.3. The molecule has 4 heteroatoms. The molecule has 0 fully saturated rings. The van der Waals surface area contributed by atoms with Crippen molar-refractivity contribution in [2.45, 2.75) is 6.61 Å². The van der Waals surface area contributed by atoms with Gasteiger partial charge in [0.1, 0.15) is 11.6 Å². The molecule has 0 amide bonds. The van der Waals surface area contributed by atoms with Gasteiger partial charge in [0.2, 0.25) is 0 Å². The molecule has 0 N–H and O–H groups in total. The summed E-state index contributed by atoms with van der Waals surface area (Å²) in [6, 6.07) is 18.9. The maximum absolute atomic E-state index is 11.8. The van der Waals surface area contributed by atoms with Crippen LogP contribution in [0.4, 0.5) is 0 Å². The van der Waals surface area contributed by atoms with Crippen molar-refractivity contribution in [3.63, 3.8) is 0 Å². The number of thiazole rings is 1. The van der Waals surface area contributed by atoms with E-state index in [1.807, 2.05) is 53.9 Å². The lowest BCUT2D eigenvalue weighted by Gasteiger charge is -2.02. The predicted molar refractivity (Wildman–Crippen MR) is 83.1 cm³/mol. The van der Waals surface area contributed by atoms with E-state index in [9.17, 15) is 4.79 Å². The fraction of sp³-hybridized carbons (Fsp3) is 0.0588. The standard InChI is InChI=1S/C17H13NO2S/c19-17(14-9-5-2-6-10-14)20-11-15-12-21-16(18-15)13-7-3-1-4-8-13/h1-10,12H,11H2. The molecule has 3 aromatic rings. The number of carbonyl (C=O) groups is 1. The first-order chi connectivity index (χ1) is 10.3. The quantitative estimate of drug-likeness (QED) is 0.678. The monoisotopic (exact) mass is 295 g/mol. The van der Waals surface area contributed by atoms with Crippen molar-refractivity contribution in [1.29, 1.82) is 0 Å². The van der Waals surface area contributed by atoms with Crippen LogP contribution in [0.5, 0.6) is 0 Å². The Morgan fingerprint density at radius 1 is 1.00 bits per heavy atom. The van der Waals surface area contributed by atoms with Gasteiger partial charge in [0, 0.05) is 10.9 Å². The zero-order chi connectivity index (χ0) is 14.5. The summed E-state index contributed by atoms with van der Waals surface area (Å²) in [5.74, 6) is -0.329. The molecule has 1 heterocycles. The van der Waals surface area contributed by atoms with E-state index in [0.29, 0.717) is 5.56 Å². The van der Waals surface area contributed by atoms with Crippen LogP contribution < -0.4 is 0 Å². The van der Waals surface area contributed by atoms with Gasteiger partial charge in [-0.05, 0) is 12.1 Å². The van der Waals surface area contributed by atoms with Gasteiger partial charge in [-0.15, -0.1) is 11.3 Å². The summed E-state index contributed by atoms with van der Waals surface area (Å²) in [6.07, 6.45) is 0. The number of ether oxygens (including phenoxy) is 1. The molecule has 0 saturated carbocycles. The highest BCUT2D eigenvalue weighted by atomic mass is 32.1. The fourth-order valence-corrected chi connectivity index (χ4v) is 2.69. The van der Waals surface area contributed by atoms with Crippen LogP contribution in [0.1, 0.15) is 16.1 Å². The molecule has 3 nitrogen and oxygen atoms in total. The van der Waals surface area contributed by atoms with Crippen molar-refractivity contribution < 1.29 is 9.53 Å². The molecule has 0 atom stereocenters. The molecule has 0 spiro atoms. The summed E-state index contributed by atoms with van der Waals surface area (Å²) in [6.45, 7) is 0.192. The van der Waals surface area contributed by atoms with Gasteiger partial charge in [0.05, 0.1) is 11.3 Å². The van der Waals surface area contributed by atoms with Gasteiger partial charge in [0.15, 0.2) is 0 Å². The number of hydrogen-bond donors (Lipinski definition) is 0. The SMILES string of the molecule is O=C(OCc1csc(-c2ccccc2)n1)c1ccccc1. The molecule has 1 aromatic heterocycles. The van der Waals surface area contributed by atoms with E-state index in [1.165, 1.54) is 0 Å². The summed E-state index contributed by atoms with van der Waals surface area (Å²) in [7, 11) is 0. The van der Waals surface area contributed by atoms with Gasteiger partial charge < -0.3 is 4.74 Å². The van der Waals surface area contributed by atoms with E-state index in [1.54, 1.807) is 23.5 Å². The van der Waals surface area contributed by atoms with Crippen LogP contribution in [0.3, 0.4) is 0 Å². The molecule has 0 aliphatic carbocycles. The van der Waals surface area contributed by atoms with E-state index in [0.717, 1.165) is 16.3 Å². The van der Waals surface area contributed by atoms with Crippen molar-refractivity contribution >= 4 is 17.3 Å². The average Bonchev–Trinajstić information content (AvgIpc) is 3.03. The highest BCUT2D eigenvalue weighted by molar-refractivity contribution is 7.13. The molecule has 0 aliphatic rings. The normalized spacial score (nSPS) is 10.3. The highest BCUT2D eigenvalue weighted by Crippen LogP contribution is 2.23. The van der Waals surface area contributed by atoms with Gasteiger partial charge in [0.25, 0.3) is 0 Å². The third-order valence-electron chi connectivity index (χ3n) is 2.93. The Labute approximate surface area is 126 Å². The Morgan fingerprint density at radius 3 is 2.38 bits per heavy atom. The zero-order valence-electron chi connectivity index (χ0n) is 11.2. The van der Waals surface area contributed by atoms with Gasteiger partial charge in [-0.25, -0.2) is 9.78 Å². The number of carbonyl (C=O) groups excluding carboxylic acids is 1. The number of hydrogen-bond acceptors (Lipinski definition) is 4. The first kappa shape index (κ1) is 13.5. The smallest absolute Gasteiger partial charge is 0.338 e. The number of nitrogens with zero attached hydrogens (tertiary/aromatic N) is 1. The van der Waals surface area contributed by atoms with Gasteiger partial charge in [-0.1, -0.05) is 48.5 Å². The number of benzene rings is 2. The Bertz CT molecular complexity index is 723. The first-order valence-corrected chi connectivity index (χ1v) is 7.43. The highest BCUT2D eigenvalue weighted by Gasteiger charge is 2.09. The van der Waals surface area contributed by atoms with Crippen LogP contribution >= 0.6 is 11.3 Å². The maximum Gasteiger partial charge on any atom is 0.338 e. The van der Waals surface area contributed by atoms with Crippen molar-refractivity contribution in [1.82, 2.24) is 4.98 Å². The molecular formula is C17H13NO2S. The molecule has 0 unspecified atom stereocenters. The molecule has 104 valence electrons. The van der Waals surface area contributed by atoms with Crippen molar-refractivity contribution in [3.8, 4) is 10.6 Å². The van der Waals surface area contributed by atoms with Crippen LogP contribution in [0.25, 0.3) is 10.6 Å². The Balaban J connectivity index is 1.64. The lowest BCUT2D eigenvalue weighted by atomic mass is 10.2. The molecule has 0 bridgehead atoms. The minimum atomic E-state index is -0.329. The van der Waals surface area contributed by atoms with Crippen LogP contribution in [0.2, 0.25) is 0 Å². The third kappa shape index (κ3) is 3.35. The van der Waals surface area contributed by atoms with Crippen LogP contribution in [-0.2, 0) is 11.3 Å². The van der Waals surface area contributed by atoms with E-state index in [2.05, 4.69) is 4.98 Å². The van der Waals surface area contributed by atoms with Crippen molar-refractivity contribution in [2.24, 2.45) is 0 Å². The average molecular weight is 295 g/mol. The Kier molecular flexibility index (Phi) is 4.07. The molecule has 21 heavy (non-hydrogen) atoms. The van der Waals surface area contributed by atoms with Gasteiger partial charge in [-0.2, -0.15) is 0 Å². The van der Waals surface area contributed by atoms with Crippen LogP contribution in [0, 0.1) is 0 Å². The second-order valence-corrected chi connectivity index (χ2v) is 5.31. The summed E-state index contributed by atoms with van der Waals surface area (Å²) < 4.78 is 5.27. The van der Waals surface area contributed by atoms with Crippen molar-refractivity contribution in [3.05, 3.63) is 77.3 Å². The lowest BCUT2D eigenvalue weighted by molar-refractivity contribution is 0.0468. The topological polar surface area (TPSA) is 39.2 Å². The number of aromatic nitrogens is 1. The number of esters is 1. The van der Waals surface area contributed by atoms with E-state index < -0.39 is 0 Å². The van der Waals surface area contributed by atoms with E-state index >= 15 is 0 Å². The minimum absolute atomic E-state index is 0.192. The van der Waals surface area contributed by atoms with Crippen LogP contribution in [-0.4, -0.2) is 11.0 Å². The Hall–Kier alpha value is -2.46. The van der Waals surface area contributed by atoms with Crippen molar-refractivity contribution in [2.75, 3.05) is 0 Å². The van der Waals surface area contributed by atoms with Gasteiger partial charge in [-0.3, -0.25) is 0 Å². The second-order valence-electron chi connectivity index (χ2n) is 4.45. The third-order valence-corrected chi connectivity index (χ3v) is 3.87. The largest absolute Gasteiger partial charge is 0.456 e.